The molecule has 3 rings (SSSR count). The second-order valence-corrected chi connectivity index (χ2v) is 8.11. The lowest BCUT2D eigenvalue weighted by Crippen LogP contribution is -2.35. The number of anilines is 2. The maximum Gasteiger partial charge on any atom is 0.278 e. The summed E-state index contributed by atoms with van der Waals surface area (Å²) < 4.78 is 5.55. The summed E-state index contributed by atoms with van der Waals surface area (Å²) in [5.41, 5.74) is 4.69. The molecule has 3 amide bonds. The Morgan fingerprint density at radius 1 is 0.969 bits per heavy atom. The van der Waals surface area contributed by atoms with Crippen LogP contribution in [-0.4, -0.2) is 41.9 Å². The summed E-state index contributed by atoms with van der Waals surface area (Å²) in [5.74, 6) is -0.944. The van der Waals surface area contributed by atoms with E-state index in [-0.39, 0.29) is 42.7 Å². The van der Waals surface area contributed by atoms with Crippen LogP contribution in [0.25, 0.3) is 5.57 Å². The number of nitrogens with one attached hydrogen (secondary N) is 2. The molecule has 0 spiro atoms. The smallest absolute Gasteiger partial charge is 0.278 e. The molecule has 2 aromatic carbocycles. The average Bonchev–Trinajstić information content (AvgIpc) is 2.95. The fourth-order valence-corrected chi connectivity index (χ4v) is 3.43. The first-order chi connectivity index (χ1) is 15.2. The fourth-order valence-electron chi connectivity index (χ4n) is 3.43. The first-order valence-corrected chi connectivity index (χ1v) is 10.6. The Morgan fingerprint density at radius 3 is 2.22 bits per heavy atom. The molecule has 0 saturated carbocycles. The van der Waals surface area contributed by atoms with Gasteiger partial charge in [-0.25, -0.2) is 0 Å². The number of carbonyl (C=O) groups excluding carboxylic acids is 3. The van der Waals surface area contributed by atoms with Crippen molar-refractivity contribution in [1.29, 1.82) is 0 Å². The van der Waals surface area contributed by atoms with Crippen molar-refractivity contribution in [3.8, 4) is 0 Å². The van der Waals surface area contributed by atoms with E-state index in [2.05, 4.69) is 10.6 Å². The van der Waals surface area contributed by atoms with Crippen molar-refractivity contribution in [3.63, 3.8) is 0 Å². The van der Waals surface area contributed by atoms with Gasteiger partial charge in [-0.3, -0.25) is 19.3 Å². The molecule has 0 bridgehead atoms. The average molecular weight is 436 g/mol. The largest absolute Gasteiger partial charge is 0.377 e. The molecule has 1 aliphatic rings. The summed E-state index contributed by atoms with van der Waals surface area (Å²) >= 11 is 0. The highest BCUT2D eigenvalue weighted by Gasteiger charge is 2.39. The second-order valence-electron chi connectivity index (χ2n) is 8.11. The molecule has 2 aromatic rings. The van der Waals surface area contributed by atoms with Gasteiger partial charge in [-0.05, 0) is 68.7 Å². The third kappa shape index (κ3) is 5.23. The number of aryl methyl sites for hydroxylation is 2. The van der Waals surface area contributed by atoms with Gasteiger partial charge in [0.15, 0.2) is 0 Å². The van der Waals surface area contributed by atoms with Crippen molar-refractivity contribution in [2.75, 3.05) is 23.8 Å². The van der Waals surface area contributed by atoms with Gasteiger partial charge in [-0.2, -0.15) is 0 Å². The van der Waals surface area contributed by atoms with Crippen LogP contribution in [0.5, 0.6) is 0 Å². The molecule has 0 unspecified atom stereocenters. The molecule has 32 heavy (non-hydrogen) atoms. The minimum Gasteiger partial charge on any atom is -0.377 e. The standard InChI is InChI=1S/C25H29N3O4/c1-15(2)32-13-12-28-24(30)22(19-7-10-20(11-8-19)26-18(5)29)23(25(28)31)27-21-9-6-16(3)17(4)14-21/h6-11,14-15,27H,12-13H2,1-5H3,(H,26,29). The summed E-state index contributed by atoms with van der Waals surface area (Å²) in [6.45, 7) is 9.68. The zero-order chi connectivity index (χ0) is 23.4. The predicted molar refractivity (Wildman–Crippen MR) is 125 cm³/mol. The van der Waals surface area contributed by atoms with Crippen molar-refractivity contribution < 1.29 is 19.1 Å². The van der Waals surface area contributed by atoms with Crippen molar-refractivity contribution >= 4 is 34.7 Å². The topological polar surface area (TPSA) is 87.7 Å². The monoisotopic (exact) mass is 435 g/mol. The molecule has 2 N–H and O–H groups in total. The lowest BCUT2D eigenvalue weighted by molar-refractivity contribution is -0.138. The molecule has 0 atom stereocenters. The van der Waals surface area contributed by atoms with E-state index in [1.54, 1.807) is 24.3 Å². The normalized spacial score (nSPS) is 13.9. The number of hydrogen-bond donors (Lipinski definition) is 2. The minimum absolute atomic E-state index is 0.00434. The fraction of sp³-hybridized carbons (Fsp3) is 0.320. The lowest BCUT2D eigenvalue weighted by Gasteiger charge is -2.16. The molecule has 1 heterocycles. The van der Waals surface area contributed by atoms with Crippen LogP contribution in [-0.2, 0) is 19.1 Å². The third-order valence-corrected chi connectivity index (χ3v) is 5.20. The van der Waals surface area contributed by atoms with Crippen LogP contribution in [0, 0.1) is 13.8 Å². The van der Waals surface area contributed by atoms with Crippen LogP contribution in [0.4, 0.5) is 11.4 Å². The third-order valence-electron chi connectivity index (χ3n) is 5.20. The van der Waals surface area contributed by atoms with E-state index in [9.17, 15) is 14.4 Å². The molecular formula is C25H29N3O4. The van der Waals surface area contributed by atoms with Crippen molar-refractivity contribution in [1.82, 2.24) is 4.90 Å². The molecule has 7 nitrogen and oxygen atoms in total. The Bertz CT molecular complexity index is 1070. The number of hydrogen-bond acceptors (Lipinski definition) is 5. The second kappa shape index (κ2) is 9.78. The molecule has 1 aliphatic heterocycles. The van der Waals surface area contributed by atoms with Crippen LogP contribution in [0.2, 0.25) is 0 Å². The maximum absolute atomic E-state index is 13.3. The highest BCUT2D eigenvalue weighted by Crippen LogP contribution is 2.31. The summed E-state index contributed by atoms with van der Waals surface area (Å²) in [7, 11) is 0. The van der Waals surface area contributed by atoms with Gasteiger partial charge in [0.2, 0.25) is 5.91 Å². The summed E-state index contributed by atoms with van der Waals surface area (Å²) in [6, 6.07) is 12.7. The molecule has 0 aromatic heterocycles. The van der Waals surface area contributed by atoms with E-state index in [1.807, 2.05) is 45.9 Å². The van der Waals surface area contributed by atoms with Crippen molar-refractivity contribution in [2.45, 2.75) is 40.7 Å². The number of rotatable bonds is 8. The molecule has 7 heteroatoms. The Hall–Kier alpha value is -3.45. The van der Waals surface area contributed by atoms with E-state index in [0.29, 0.717) is 16.8 Å². The number of nitrogens with zero attached hydrogens (tertiary/aromatic N) is 1. The molecule has 0 radical (unpaired) electrons. The minimum atomic E-state index is -0.387. The maximum atomic E-state index is 13.3. The van der Waals surface area contributed by atoms with E-state index in [0.717, 1.165) is 16.8 Å². The molecular weight excluding hydrogens is 406 g/mol. The molecule has 0 fully saturated rings. The highest BCUT2D eigenvalue weighted by atomic mass is 16.5. The van der Waals surface area contributed by atoms with E-state index < -0.39 is 0 Å². The number of ether oxygens (including phenoxy) is 1. The van der Waals surface area contributed by atoms with Crippen LogP contribution in [0.3, 0.4) is 0 Å². The van der Waals surface area contributed by atoms with Crippen LogP contribution >= 0.6 is 0 Å². The Morgan fingerprint density at radius 2 is 1.62 bits per heavy atom. The Kier molecular flexibility index (Phi) is 7.10. The van der Waals surface area contributed by atoms with Gasteiger partial charge >= 0.3 is 0 Å². The van der Waals surface area contributed by atoms with Gasteiger partial charge in [0.25, 0.3) is 11.8 Å². The van der Waals surface area contributed by atoms with Crippen LogP contribution in [0.1, 0.15) is 37.5 Å². The number of benzene rings is 2. The van der Waals surface area contributed by atoms with Crippen molar-refractivity contribution in [3.05, 3.63) is 64.9 Å². The van der Waals surface area contributed by atoms with E-state index in [4.69, 9.17) is 4.74 Å². The van der Waals surface area contributed by atoms with Gasteiger partial charge in [0.1, 0.15) is 5.70 Å². The molecule has 0 aliphatic carbocycles. The van der Waals surface area contributed by atoms with Crippen LogP contribution < -0.4 is 10.6 Å². The molecule has 0 saturated heterocycles. The lowest BCUT2D eigenvalue weighted by atomic mass is 10.0. The van der Waals surface area contributed by atoms with E-state index >= 15 is 0 Å². The zero-order valence-corrected chi connectivity index (χ0v) is 19.1. The van der Waals surface area contributed by atoms with Gasteiger partial charge < -0.3 is 15.4 Å². The Balaban J connectivity index is 1.96. The van der Waals surface area contributed by atoms with Gasteiger partial charge in [-0.1, -0.05) is 18.2 Å². The quantitative estimate of drug-likeness (QED) is 0.615. The molecule has 168 valence electrons. The summed E-state index contributed by atoms with van der Waals surface area (Å²) in [4.78, 5) is 39.0. The highest BCUT2D eigenvalue weighted by molar-refractivity contribution is 6.36. The number of carbonyl (C=O) groups is 3. The first-order valence-electron chi connectivity index (χ1n) is 10.6. The SMILES string of the molecule is CC(=O)Nc1ccc(C2=C(Nc3ccc(C)c(C)c3)C(=O)N(CCOC(C)C)C2=O)cc1. The number of imide groups is 1. The Labute approximate surface area is 188 Å². The van der Waals surface area contributed by atoms with Crippen LogP contribution in [0.15, 0.2) is 48.2 Å². The summed E-state index contributed by atoms with van der Waals surface area (Å²) in [6.07, 6.45) is 0.00434. The number of amides is 3. The first kappa shape index (κ1) is 23.2. The van der Waals surface area contributed by atoms with E-state index in [1.165, 1.54) is 11.8 Å². The predicted octanol–water partition coefficient (Wildman–Crippen LogP) is 3.88. The zero-order valence-electron chi connectivity index (χ0n) is 19.1. The van der Waals surface area contributed by atoms with Gasteiger partial charge in [0.05, 0.1) is 24.8 Å². The van der Waals surface area contributed by atoms with Crippen molar-refractivity contribution in [2.24, 2.45) is 0 Å². The van der Waals surface area contributed by atoms with Gasteiger partial charge in [-0.15, -0.1) is 0 Å². The summed E-state index contributed by atoms with van der Waals surface area (Å²) in [5, 5.41) is 5.87. The van der Waals surface area contributed by atoms with Gasteiger partial charge in [0, 0.05) is 18.3 Å².